The molecule has 4 heteroatoms. The Balaban J connectivity index is 1.97. The third-order valence-corrected chi connectivity index (χ3v) is 5.49. The van der Waals surface area contributed by atoms with E-state index in [1.165, 1.54) is 17.0 Å². The third kappa shape index (κ3) is 4.43. The molecule has 0 aromatic heterocycles. The monoisotopic (exact) mass is 382 g/mol. The van der Waals surface area contributed by atoms with Crippen molar-refractivity contribution in [3.8, 4) is 0 Å². The zero-order valence-electron chi connectivity index (χ0n) is 12.3. The van der Waals surface area contributed by atoms with E-state index in [0.717, 1.165) is 16.5 Å². The molecule has 22 heavy (non-hydrogen) atoms. The third-order valence-electron chi connectivity index (χ3n) is 3.44. The van der Waals surface area contributed by atoms with E-state index in [1.54, 1.807) is 23.9 Å². The van der Waals surface area contributed by atoms with Crippen LogP contribution in [0.1, 0.15) is 18.9 Å². The van der Waals surface area contributed by atoms with Gasteiger partial charge in [0.25, 0.3) is 0 Å². The minimum absolute atomic E-state index is 0.188. The summed E-state index contributed by atoms with van der Waals surface area (Å²) in [5, 5.41) is 0. The van der Waals surface area contributed by atoms with Crippen LogP contribution in [0.4, 0.5) is 8.78 Å². The number of rotatable bonds is 6. The molecule has 0 bridgehead atoms. The second-order valence-corrected chi connectivity index (χ2v) is 6.92. The van der Waals surface area contributed by atoms with Gasteiger partial charge in [0.05, 0.1) is 0 Å². The molecule has 0 amide bonds. The Morgan fingerprint density at radius 3 is 2.82 bits per heavy atom. The number of thioether (sulfide) groups is 1. The molecule has 1 aromatic rings. The maximum Gasteiger partial charge on any atom is 0.128 e. The predicted molar refractivity (Wildman–Crippen MR) is 94.7 cm³/mol. The van der Waals surface area contributed by atoms with Gasteiger partial charge >= 0.3 is 0 Å². The van der Waals surface area contributed by atoms with E-state index in [1.807, 2.05) is 13.0 Å². The number of halogens is 3. The van der Waals surface area contributed by atoms with Crippen molar-refractivity contribution in [3.05, 3.63) is 81.2 Å². The summed E-state index contributed by atoms with van der Waals surface area (Å²) >= 11 is 5.04. The summed E-state index contributed by atoms with van der Waals surface area (Å²) < 4.78 is 27.2. The zero-order chi connectivity index (χ0) is 16.1. The zero-order valence-corrected chi connectivity index (χ0v) is 14.7. The molecule has 1 aliphatic rings. The lowest BCUT2D eigenvalue weighted by Crippen LogP contribution is -2.10. The van der Waals surface area contributed by atoms with Crippen LogP contribution in [-0.4, -0.2) is 0 Å². The van der Waals surface area contributed by atoms with Crippen molar-refractivity contribution in [1.29, 1.82) is 0 Å². The molecule has 0 heterocycles. The van der Waals surface area contributed by atoms with Gasteiger partial charge in [0.15, 0.2) is 0 Å². The summed E-state index contributed by atoms with van der Waals surface area (Å²) in [4.78, 5) is 1.21. The van der Waals surface area contributed by atoms with Crippen LogP contribution in [0.2, 0.25) is 0 Å². The highest BCUT2D eigenvalue weighted by atomic mass is 79.9. The Bertz CT molecular complexity index is 639. The molecule has 0 saturated heterocycles. The van der Waals surface area contributed by atoms with Gasteiger partial charge in [0.2, 0.25) is 0 Å². The first kappa shape index (κ1) is 17.2. The van der Waals surface area contributed by atoms with Gasteiger partial charge in [-0.25, -0.2) is 8.78 Å². The van der Waals surface area contributed by atoms with Crippen molar-refractivity contribution in [1.82, 2.24) is 0 Å². The molecule has 1 atom stereocenters. The molecule has 1 unspecified atom stereocenters. The highest BCUT2D eigenvalue weighted by molar-refractivity contribution is 9.10. The molecule has 0 spiro atoms. The molecule has 116 valence electrons. The average molecular weight is 383 g/mol. The van der Waals surface area contributed by atoms with Crippen LogP contribution in [0, 0.1) is 11.7 Å². The van der Waals surface area contributed by atoms with Crippen LogP contribution in [0.15, 0.2) is 69.9 Å². The molecule has 0 saturated carbocycles. The van der Waals surface area contributed by atoms with Gasteiger partial charge in [-0.3, -0.25) is 0 Å². The Kier molecular flexibility index (Phi) is 6.21. The summed E-state index contributed by atoms with van der Waals surface area (Å²) in [6.45, 7) is 5.19. The van der Waals surface area contributed by atoms with Crippen molar-refractivity contribution in [3.63, 3.8) is 0 Å². The van der Waals surface area contributed by atoms with Crippen LogP contribution < -0.4 is 0 Å². The van der Waals surface area contributed by atoms with Crippen LogP contribution in [-0.2, 0) is 5.75 Å². The van der Waals surface area contributed by atoms with Crippen molar-refractivity contribution >= 4 is 27.7 Å². The van der Waals surface area contributed by atoms with E-state index in [2.05, 4.69) is 34.7 Å². The van der Waals surface area contributed by atoms with E-state index in [-0.39, 0.29) is 5.82 Å². The van der Waals surface area contributed by atoms with E-state index in [4.69, 9.17) is 0 Å². The summed E-state index contributed by atoms with van der Waals surface area (Å²) in [6.07, 6.45) is 8.19. The Morgan fingerprint density at radius 2 is 2.23 bits per heavy atom. The molecule has 0 N–H and O–H groups in total. The van der Waals surface area contributed by atoms with Crippen molar-refractivity contribution in [2.45, 2.75) is 19.1 Å². The molecule has 1 aliphatic carbocycles. The van der Waals surface area contributed by atoms with Crippen LogP contribution in [0.5, 0.6) is 0 Å². The van der Waals surface area contributed by atoms with E-state index >= 15 is 0 Å². The number of hydrogen-bond acceptors (Lipinski definition) is 1. The predicted octanol–water partition coefficient (Wildman–Crippen LogP) is 6.71. The minimum atomic E-state index is -0.436. The fraction of sp³-hybridized carbons (Fsp3) is 0.222. The molecular formula is C18H17BrF2S. The minimum Gasteiger partial charge on any atom is -0.208 e. The Labute approximate surface area is 142 Å². The largest absolute Gasteiger partial charge is 0.208 e. The first-order valence-corrected chi connectivity index (χ1v) is 8.74. The summed E-state index contributed by atoms with van der Waals surface area (Å²) in [5.41, 5.74) is 1.79. The standard InChI is InChI=1S/C18H17BrF2S/c1-3-18(14-9-13(10-14)8-7-12(2)20)22-11-15-16(19)5-4-6-17(15)21/h3-9,14H,2,10-11H2,1H3. The number of benzene rings is 1. The first-order chi connectivity index (χ1) is 10.5. The van der Waals surface area contributed by atoms with Crippen LogP contribution >= 0.6 is 27.7 Å². The van der Waals surface area contributed by atoms with Crippen LogP contribution in [0.25, 0.3) is 0 Å². The second kappa shape index (κ2) is 7.93. The van der Waals surface area contributed by atoms with Gasteiger partial charge in [-0.2, -0.15) is 0 Å². The topological polar surface area (TPSA) is 0 Å². The van der Waals surface area contributed by atoms with Crippen molar-refractivity contribution in [2.24, 2.45) is 5.92 Å². The van der Waals surface area contributed by atoms with Crippen LogP contribution in [0.3, 0.4) is 0 Å². The molecule has 0 nitrogen and oxygen atoms in total. The van der Waals surface area contributed by atoms with E-state index in [0.29, 0.717) is 17.2 Å². The molecule has 1 aromatic carbocycles. The fourth-order valence-corrected chi connectivity index (χ4v) is 4.02. The Hall–Kier alpha value is -1.13. The molecular weight excluding hydrogens is 366 g/mol. The lowest BCUT2D eigenvalue weighted by Gasteiger charge is -2.26. The van der Waals surface area contributed by atoms with Gasteiger partial charge in [-0.1, -0.05) is 52.4 Å². The lowest BCUT2D eigenvalue weighted by molar-refractivity contribution is 0.616. The average Bonchev–Trinajstić information content (AvgIpc) is 2.42. The van der Waals surface area contributed by atoms with Gasteiger partial charge in [-0.15, -0.1) is 11.8 Å². The van der Waals surface area contributed by atoms with E-state index in [9.17, 15) is 8.78 Å². The van der Waals surface area contributed by atoms with Gasteiger partial charge < -0.3 is 0 Å². The van der Waals surface area contributed by atoms with Gasteiger partial charge in [0, 0.05) is 21.7 Å². The van der Waals surface area contributed by atoms with Gasteiger partial charge in [-0.05, 0) is 36.5 Å². The highest BCUT2D eigenvalue weighted by Crippen LogP contribution is 2.40. The lowest BCUT2D eigenvalue weighted by atomic mass is 9.85. The first-order valence-electron chi connectivity index (χ1n) is 6.96. The molecule has 0 fully saturated rings. The number of hydrogen-bond donors (Lipinski definition) is 0. The maximum absolute atomic E-state index is 13.8. The summed E-state index contributed by atoms with van der Waals surface area (Å²) in [6, 6.07) is 5.02. The SMILES string of the molecule is C=C(F)C=CC1=CC(C(=CC)SCc2c(F)cccc2Br)C1. The number of allylic oxidation sites excluding steroid dienone is 7. The van der Waals surface area contributed by atoms with E-state index < -0.39 is 5.83 Å². The summed E-state index contributed by atoms with van der Waals surface area (Å²) in [7, 11) is 0. The quantitative estimate of drug-likeness (QED) is 0.492. The van der Waals surface area contributed by atoms with Gasteiger partial charge in [0.1, 0.15) is 11.6 Å². The summed E-state index contributed by atoms with van der Waals surface area (Å²) in [5.74, 6) is 0.304. The molecule has 2 rings (SSSR count). The highest BCUT2D eigenvalue weighted by Gasteiger charge is 2.21. The molecule has 0 aliphatic heterocycles. The maximum atomic E-state index is 13.8. The van der Waals surface area contributed by atoms with Crippen molar-refractivity contribution < 1.29 is 8.78 Å². The second-order valence-electron chi connectivity index (χ2n) is 5.01. The fourth-order valence-electron chi connectivity index (χ4n) is 2.21. The Morgan fingerprint density at radius 1 is 1.50 bits per heavy atom. The smallest absolute Gasteiger partial charge is 0.128 e. The normalized spacial score (nSPS) is 18.3. The van der Waals surface area contributed by atoms with Crippen molar-refractivity contribution in [2.75, 3.05) is 0 Å². The molecule has 0 radical (unpaired) electrons.